The summed E-state index contributed by atoms with van der Waals surface area (Å²) < 4.78 is 25.8. The van der Waals surface area contributed by atoms with Gasteiger partial charge in [0.1, 0.15) is 13.2 Å². The number of hydrogen-bond acceptors (Lipinski definition) is 9. The van der Waals surface area contributed by atoms with Crippen LogP contribution in [0.1, 0.15) is 11.1 Å². The van der Waals surface area contributed by atoms with Gasteiger partial charge in [-0.15, -0.1) is 0 Å². The molecule has 2 aromatic carbocycles. The molecule has 2 aromatic rings. The Morgan fingerprint density at radius 3 is 1.45 bits per heavy atom. The van der Waals surface area contributed by atoms with E-state index in [9.17, 15) is 9.59 Å². The van der Waals surface area contributed by atoms with Gasteiger partial charge in [0, 0.05) is 0 Å². The fourth-order valence-corrected chi connectivity index (χ4v) is 2.52. The summed E-state index contributed by atoms with van der Waals surface area (Å²) in [4.78, 5) is 23.5. The molecule has 0 atom stereocenters. The summed E-state index contributed by atoms with van der Waals surface area (Å²) in [5, 5.41) is 7.67. The Balaban J connectivity index is 1.71. The Morgan fingerprint density at radius 1 is 0.697 bits per heavy atom. The van der Waals surface area contributed by atoms with Crippen LogP contribution in [0.3, 0.4) is 0 Å². The highest BCUT2D eigenvalue weighted by atomic mass is 16.5. The van der Waals surface area contributed by atoms with Crippen molar-refractivity contribution in [1.82, 2.24) is 10.9 Å². The van der Waals surface area contributed by atoms with Crippen LogP contribution >= 0.6 is 0 Å². The highest BCUT2D eigenvalue weighted by molar-refractivity contribution is 5.85. The Bertz CT molecular complexity index is 929. The number of ether oxygens (including phenoxy) is 5. The summed E-state index contributed by atoms with van der Waals surface area (Å²) >= 11 is 0. The predicted octanol–water partition coefficient (Wildman–Crippen LogP) is 1.34. The number of benzene rings is 2. The first kappa shape index (κ1) is 25.1. The highest BCUT2D eigenvalue weighted by Gasteiger charge is 2.06. The standard InChI is InChI=1S/C22H26N4O7/c1-29-17-7-5-15(9-19(17)31-3)11-23-25-21(27)13-33-14-22(28)26-24-12-16-6-8-18(30-2)20(10-16)32-4/h5-12H,13-14H2,1-4H3,(H,25,27)(H,26,28)/b23-11+,24-12+. The molecule has 0 fully saturated rings. The van der Waals surface area contributed by atoms with Gasteiger partial charge >= 0.3 is 0 Å². The van der Waals surface area contributed by atoms with Crippen LogP contribution < -0.4 is 29.8 Å². The van der Waals surface area contributed by atoms with Crippen molar-refractivity contribution in [3.05, 3.63) is 47.5 Å². The molecule has 176 valence electrons. The molecule has 11 nitrogen and oxygen atoms in total. The Morgan fingerprint density at radius 2 is 1.09 bits per heavy atom. The van der Waals surface area contributed by atoms with Crippen LogP contribution in [0.2, 0.25) is 0 Å². The van der Waals surface area contributed by atoms with Gasteiger partial charge in [-0.2, -0.15) is 10.2 Å². The number of rotatable bonds is 12. The molecular formula is C22H26N4O7. The molecule has 0 aliphatic heterocycles. The van der Waals surface area contributed by atoms with Crippen LogP contribution in [-0.2, 0) is 14.3 Å². The minimum Gasteiger partial charge on any atom is -0.493 e. The van der Waals surface area contributed by atoms with Crippen LogP contribution in [0, 0.1) is 0 Å². The second-order valence-corrected chi connectivity index (χ2v) is 6.31. The number of methoxy groups -OCH3 is 4. The largest absolute Gasteiger partial charge is 0.493 e. The average molecular weight is 458 g/mol. The van der Waals surface area contributed by atoms with E-state index in [0.29, 0.717) is 34.1 Å². The number of hydrazone groups is 2. The highest BCUT2D eigenvalue weighted by Crippen LogP contribution is 2.27. The Kier molecular flexibility index (Phi) is 10.2. The summed E-state index contributed by atoms with van der Waals surface area (Å²) in [6.45, 7) is -0.702. The Labute approximate surface area is 191 Å². The molecule has 0 bridgehead atoms. The van der Waals surface area contributed by atoms with Crippen molar-refractivity contribution >= 4 is 24.2 Å². The Hall–Kier alpha value is -4.12. The van der Waals surface area contributed by atoms with Gasteiger partial charge in [-0.1, -0.05) is 0 Å². The summed E-state index contributed by atoms with van der Waals surface area (Å²) in [6.07, 6.45) is 2.88. The van der Waals surface area contributed by atoms with Crippen molar-refractivity contribution in [3.8, 4) is 23.0 Å². The van der Waals surface area contributed by atoms with E-state index in [-0.39, 0.29) is 13.2 Å². The molecule has 11 heteroatoms. The van der Waals surface area contributed by atoms with E-state index in [1.807, 2.05) is 0 Å². The molecular weight excluding hydrogens is 432 g/mol. The zero-order valence-electron chi connectivity index (χ0n) is 18.8. The smallest absolute Gasteiger partial charge is 0.266 e. The van der Waals surface area contributed by atoms with E-state index < -0.39 is 11.8 Å². The molecule has 0 spiro atoms. The van der Waals surface area contributed by atoms with Crippen molar-refractivity contribution < 1.29 is 33.3 Å². The van der Waals surface area contributed by atoms with Crippen molar-refractivity contribution in [2.45, 2.75) is 0 Å². The second kappa shape index (κ2) is 13.3. The van der Waals surface area contributed by atoms with E-state index in [1.54, 1.807) is 36.4 Å². The molecule has 2 rings (SSSR count). The first-order valence-electron chi connectivity index (χ1n) is 9.66. The molecule has 0 aliphatic rings. The van der Waals surface area contributed by atoms with E-state index in [4.69, 9.17) is 23.7 Å². The minimum atomic E-state index is -0.520. The first-order chi connectivity index (χ1) is 16.0. The SMILES string of the molecule is COc1ccc(/C=N/NC(=O)COCC(=O)N/N=C/c2ccc(OC)c(OC)c2)cc1OC. The van der Waals surface area contributed by atoms with Crippen molar-refractivity contribution in [2.24, 2.45) is 10.2 Å². The third-order valence-electron chi connectivity index (χ3n) is 4.09. The summed E-state index contributed by atoms with van der Waals surface area (Å²) in [5.41, 5.74) is 6.00. The number of nitrogens with one attached hydrogen (secondary N) is 2. The normalized spacial score (nSPS) is 10.8. The van der Waals surface area contributed by atoms with E-state index in [1.165, 1.54) is 40.9 Å². The number of amides is 2. The van der Waals surface area contributed by atoms with E-state index >= 15 is 0 Å². The van der Waals surface area contributed by atoms with Crippen LogP contribution in [-0.4, -0.2) is 65.9 Å². The third-order valence-corrected chi connectivity index (χ3v) is 4.09. The monoisotopic (exact) mass is 458 g/mol. The lowest BCUT2D eigenvalue weighted by molar-refractivity contribution is -0.130. The molecule has 0 aliphatic carbocycles. The predicted molar refractivity (Wildman–Crippen MR) is 121 cm³/mol. The molecule has 0 aromatic heterocycles. The lowest BCUT2D eigenvalue weighted by atomic mass is 10.2. The first-order valence-corrected chi connectivity index (χ1v) is 9.66. The van der Waals surface area contributed by atoms with Gasteiger partial charge in [0.15, 0.2) is 23.0 Å². The van der Waals surface area contributed by atoms with Crippen LogP contribution in [0.4, 0.5) is 0 Å². The molecule has 0 unspecified atom stereocenters. The lowest BCUT2D eigenvalue weighted by Crippen LogP contribution is -2.28. The van der Waals surface area contributed by atoms with Crippen molar-refractivity contribution in [1.29, 1.82) is 0 Å². The van der Waals surface area contributed by atoms with Crippen LogP contribution in [0.25, 0.3) is 0 Å². The molecule has 0 saturated carbocycles. The summed E-state index contributed by atoms with van der Waals surface area (Å²) in [6, 6.07) is 10.4. The molecule has 0 radical (unpaired) electrons. The zero-order chi connectivity index (χ0) is 24.1. The van der Waals surface area contributed by atoms with E-state index in [2.05, 4.69) is 21.1 Å². The molecule has 2 amide bonds. The molecule has 33 heavy (non-hydrogen) atoms. The molecule has 0 heterocycles. The van der Waals surface area contributed by atoms with Gasteiger partial charge < -0.3 is 23.7 Å². The maximum absolute atomic E-state index is 11.8. The topological polar surface area (TPSA) is 129 Å². The van der Waals surface area contributed by atoms with Gasteiger partial charge in [-0.05, 0) is 47.5 Å². The fraction of sp³-hybridized carbons (Fsp3) is 0.273. The van der Waals surface area contributed by atoms with Gasteiger partial charge in [-0.3, -0.25) is 9.59 Å². The lowest BCUT2D eigenvalue weighted by Gasteiger charge is -2.07. The van der Waals surface area contributed by atoms with Gasteiger partial charge in [0.2, 0.25) is 0 Å². The summed E-state index contributed by atoms with van der Waals surface area (Å²) in [5.74, 6) is 1.20. The van der Waals surface area contributed by atoms with Crippen molar-refractivity contribution in [2.75, 3.05) is 41.7 Å². The molecule has 2 N–H and O–H groups in total. The summed E-state index contributed by atoms with van der Waals surface area (Å²) in [7, 11) is 6.12. The minimum absolute atomic E-state index is 0.351. The quantitative estimate of drug-likeness (QED) is 0.363. The van der Waals surface area contributed by atoms with Gasteiger partial charge in [-0.25, -0.2) is 10.9 Å². The fourth-order valence-electron chi connectivity index (χ4n) is 2.52. The van der Waals surface area contributed by atoms with E-state index in [0.717, 1.165) is 0 Å². The van der Waals surface area contributed by atoms with Crippen LogP contribution in [0.15, 0.2) is 46.6 Å². The number of hydrogen-bond donors (Lipinski definition) is 2. The maximum Gasteiger partial charge on any atom is 0.266 e. The average Bonchev–Trinajstić information content (AvgIpc) is 2.83. The number of carbonyl (C=O) groups excluding carboxylic acids is 2. The van der Waals surface area contributed by atoms with Crippen molar-refractivity contribution in [3.63, 3.8) is 0 Å². The maximum atomic E-state index is 11.8. The zero-order valence-corrected chi connectivity index (χ0v) is 18.8. The molecule has 0 saturated heterocycles. The second-order valence-electron chi connectivity index (χ2n) is 6.31. The van der Waals surface area contributed by atoms with Gasteiger partial charge in [0.05, 0.1) is 40.9 Å². The number of carbonyl (C=O) groups is 2. The van der Waals surface area contributed by atoms with Crippen LogP contribution in [0.5, 0.6) is 23.0 Å². The third kappa shape index (κ3) is 8.15. The number of nitrogens with zero attached hydrogens (tertiary/aromatic N) is 2. The van der Waals surface area contributed by atoms with Gasteiger partial charge in [0.25, 0.3) is 11.8 Å².